The van der Waals surface area contributed by atoms with Gasteiger partial charge >= 0.3 is 0 Å². The largest absolute Gasteiger partial charge is 0.348 e. The van der Waals surface area contributed by atoms with Crippen molar-refractivity contribution < 1.29 is 4.79 Å². The SMILES string of the molecule is CCN(C(=O)c1cc2ncncc2[nH]1)[C@H]1CCC[C@@H](NCc2ccccc2)C1. The van der Waals surface area contributed by atoms with Crippen molar-refractivity contribution in [2.24, 2.45) is 0 Å². The molecule has 3 aromatic rings. The van der Waals surface area contributed by atoms with E-state index in [4.69, 9.17) is 0 Å². The summed E-state index contributed by atoms with van der Waals surface area (Å²) in [5, 5.41) is 3.68. The molecule has 2 atom stereocenters. The Morgan fingerprint density at radius 1 is 1.29 bits per heavy atom. The van der Waals surface area contributed by atoms with E-state index in [0.29, 0.717) is 18.3 Å². The molecule has 6 nitrogen and oxygen atoms in total. The summed E-state index contributed by atoms with van der Waals surface area (Å²) in [6, 6.07) is 13.0. The average molecular weight is 377 g/mol. The van der Waals surface area contributed by atoms with Gasteiger partial charge in [-0.15, -0.1) is 0 Å². The number of hydrogen-bond donors (Lipinski definition) is 2. The third kappa shape index (κ3) is 4.07. The van der Waals surface area contributed by atoms with Gasteiger partial charge in [-0.1, -0.05) is 30.3 Å². The molecule has 1 aliphatic rings. The van der Waals surface area contributed by atoms with Gasteiger partial charge in [0.1, 0.15) is 12.0 Å². The lowest BCUT2D eigenvalue weighted by molar-refractivity contribution is 0.0623. The van der Waals surface area contributed by atoms with Gasteiger partial charge in [-0.25, -0.2) is 9.97 Å². The van der Waals surface area contributed by atoms with Gasteiger partial charge in [-0.05, 0) is 44.2 Å². The van der Waals surface area contributed by atoms with Crippen LogP contribution in [0.15, 0.2) is 48.9 Å². The van der Waals surface area contributed by atoms with E-state index in [-0.39, 0.29) is 11.9 Å². The maximum absolute atomic E-state index is 13.2. The fraction of sp³-hybridized carbons (Fsp3) is 0.409. The summed E-state index contributed by atoms with van der Waals surface area (Å²) >= 11 is 0. The number of carbonyl (C=O) groups is 1. The highest BCUT2D eigenvalue weighted by molar-refractivity contribution is 5.97. The topological polar surface area (TPSA) is 73.9 Å². The summed E-state index contributed by atoms with van der Waals surface area (Å²) in [6.45, 7) is 3.64. The molecule has 6 heteroatoms. The molecule has 2 N–H and O–H groups in total. The zero-order chi connectivity index (χ0) is 19.3. The van der Waals surface area contributed by atoms with Crippen molar-refractivity contribution in [1.82, 2.24) is 25.2 Å². The molecule has 146 valence electrons. The number of nitrogens with one attached hydrogen (secondary N) is 2. The molecule has 1 aromatic carbocycles. The summed E-state index contributed by atoms with van der Waals surface area (Å²) in [5.74, 6) is 0.0502. The van der Waals surface area contributed by atoms with Crippen LogP contribution in [0.25, 0.3) is 11.0 Å². The Morgan fingerprint density at radius 3 is 2.93 bits per heavy atom. The number of aromatic nitrogens is 3. The molecule has 1 fully saturated rings. The summed E-state index contributed by atoms with van der Waals surface area (Å²) < 4.78 is 0. The van der Waals surface area contributed by atoms with Crippen molar-refractivity contribution in [3.8, 4) is 0 Å². The zero-order valence-corrected chi connectivity index (χ0v) is 16.3. The number of carbonyl (C=O) groups excluding carboxylic acids is 1. The highest BCUT2D eigenvalue weighted by atomic mass is 16.2. The third-order valence-electron chi connectivity index (χ3n) is 5.65. The van der Waals surface area contributed by atoms with Crippen molar-refractivity contribution in [3.63, 3.8) is 0 Å². The second-order valence-corrected chi connectivity index (χ2v) is 7.48. The Bertz CT molecular complexity index is 890. The number of fused-ring (bicyclic) bond motifs is 1. The number of hydrogen-bond acceptors (Lipinski definition) is 4. The van der Waals surface area contributed by atoms with Crippen LogP contribution in [0.5, 0.6) is 0 Å². The number of benzene rings is 1. The monoisotopic (exact) mass is 377 g/mol. The molecule has 1 amide bonds. The first-order chi connectivity index (χ1) is 13.7. The van der Waals surface area contributed by atoms with E-state index in [1.54, 1.807) is 6.20 Å². The first-order valence-electron chi connectivity index (χ1n) is 10.1. The Hall–Kier alpha value is -2.73. The maximum atomic E-state index is 13.2. The normalized spacial score (nSPS) is 19.6. The highest BCUT2D eigenvalue weighted by Crippen LogP contribution is 2.25. The van der Waals surface area contributed by atoms with E-state index in [2.05, 4.69) is 51.5 Å². The predicted octanol–water partition coefficient (Wildman–Crippen LogP) is 3.52. The molecule has 1 saturated carbocycles. The van der Waals surface area contributed by atoms with Gasteiger partial charge in [0.05, 0.1) is 17.2 Å². The summed E-state index contributed by atoms with van der Waals surface area (Å²) in [5.41, 5.74) is 3.47. The fourth-order valence-electron chi connectivity index (χ4n) is 4.20. The molecule has 1 aliphatic carbocycles. The van der Waals surface area contributed by atoms with Crippen LogP contribution in [0, 0.1) is 0 Å². The molecule has 0 aliphatic heterocycles. The van der Waals surface area contributed by atoms with Crippen LogP contribution < -0.4 is 5.32 Å². The van der Waals surface area contributed by atoms with E-state index in [1.165, 1.54) is 11.9 Å². The minimum Gasteiger partial charge on any atom is -0.348 e. The number of nitrogens with zero attached hydrogens (tertiary/aromatic N) is 3. The molecule has 4 rings (SSSR count). The molecule has 0 radical (unpaired) electrons. The van der Waals surface area contributed by atoms with Gasteiger partial charge in [0.15, 0.2) is 0 Å². The lowest BCUT2D eigenvalue weighted by Crippen LogP contribution is -2.46. The highest BCUT2D eigenvalue weighted by Gasteiger charge is 2.30. The first-order valence-corrected chi connectivity index (χ1v) is 10.1. The van der Waals surface area contributed by atoms with Crippen LogP contribution >= 0.6 is 0 Å². The van der Waals surface area contributed by atoms with Crippen LogP contribution in [0.2, 0.25) is 0 Å². The van der Waals surface area contributed by atoms with Gasteiger partial charge in [0.2, 0.25) is 0 Å². The van der Waals surface area contributed by atoms with E-state index in [1.807, 2.05) is 17.0 Å². The fourth-order valence-corrected chi connectivity index (χ4v) is 4.20. The standard InChI is InChI=1S/C22H27N5O/c1-2-27(22(28)20-12-19-21(26-20)14-23-15-25-19)18-10-6-9-17(11-18)24-13-16-7-4-3-5-8-16/h3-5,7-8,12,14-15,17-18,24,26H,2,6,9-11,13H2,1H3/t17-,18+/m1/s1. The molecular formula is C22H27N5O. The number of H-pyrrole nitrogens is 1. The zero-order valence-electron chi connectivity index (χ0n) is 16.3. The second kappa shape index (κ2) is 8.52. The molecule has 0 bridgehead atoms. The molecule has 0 spiro atoms. The van der Waals surface area contributed by atoms with E-state index < -0.39 is 0 Å². The van der Waals surface area contributed by atoms with Gasteiger partial charge < -0.3 is 15.2 Å². The summed E-state index contributed by atoms with van der Waals surface area (Å²) in [6.07, 6.45) is 7.57. The van der Waals surface area contributed by atoms with Gasteiger partial charge in [0.25, 0.3) is 5.91 Å². The van der Waals surface area contributed by atoms with Gasteiger partial charge in [-0.3, -0.25) is 4.79 Å². The maximum Gasteiger partial charge on any atom is 0.270 e. The van der Waals surface area contributed by atoms with Crippen LogP contribution in [0.1, 0.15) is 48.7 Å². The van der Waals surface area contributed by atoms with Crippen LogP contribution in [0.3, 0.4) is 0 Å². The lowest BCUT2D eigenvalue weighted by atomic mass is 9.89. The second-order valence-electron chi connectivity index (χ2n) is 7.48. The minimum atomic E-state index is 0.0502. The van der Waals surface area contributed by atoms with Crippen molar-refractivity contribution in [2.45, 2.75) is 51.2 Å². The molecule has 2 aromatic heterocycles. The van der Waals surface area contributed by atoms with Crippen LogP contribution in [-0.2, 0) is 6.54 Å². The van der Waals surface area contributed by atoms with E-state index >= 15 is 0 Å². The van der Waals surface area contributed by atoms with Crippen molar-refractivity contribution in [1.29, 1.82) is 0 Å². The van der Waals surface area contributed by atoms with Crippen molar-refractivity contribution in [3.05, 3.63) is 60.2 Å². The quantitative estimate of drug-likeness (QED) is 0.689. The van der Waals surface area contributed by atoms with Gasteiger partial charge in [0, 0.05) is 25.2 Å². The van der Waals surface area contributed by atoms with Gasteiger partial charge in [-0.2, -0.15) is 0 Å². The average Bonchev–Trinajstić information content (AvgIpc) is 3.18. The van der Waals surface area contributed by atoms with Crippen LogP contribution in [0.4, 0.5) is 0 Å². The molecule has 28 heavy (non-hydrogen) atoms. The Balaban J connectivity index is 1.42. The van der Waals surface area contributed by atoms with Crippen molar-refractivity contribution >= 4 is 16.9 Å². The lowest BCUT2D eigenvalue weighted by Gasteiger charge is -2.37. The Kier molecular flexibility index (Phi) is 5.67. The smallest absolute Gasteiger partial charge is 0.270 e. The summed E-state index contributed by atoms with van der Waals surface area (Å²) in [7, 11) is 0. The van der Waals surface area contributed by atoms with E-state index in [0.717, 1.165) is 43.3 Å². The Labute approximate surface area is 165 Å². The molecule has 0 unspecified atom stereocenters. The molecular weight excluding hydrogens is 350 g/mol. The van der Waals surface area contributed by atoms with E-state index in [9.17, 15) is 4.79 Å². The van der Waals surface area contributed by atoms with Crippen LogP contribution in [-0.4, -0.2) is 44.4 Å². The number of amides is 1. The minimum absolute atomic E-state index is 0.0502. The third-order valence-corrected chi connectivity index (χ3v) is 5.65. The molecule has 2 heterocycles. The van der Waals surface area contributed by atoms with Crippen molar-refractivity contribution in [2.75, 3.05) is 6.54 Å². The number of rotatable bonds is 6. The predicted molar refractivity (Wildman–Crippen MR) is 110 cm³/mol. The molecule has 0 saturated heterocycles. The number of aromatic amines is 1. The summed E-state index contributed by atoms with van der Waals surface area (Å²) in [4.78, 5) is 26.6. The first kappa shape index (κ1) is 18.6. The Morgan fingerprint density at radius 2 is 2.14 bits per heavy atom.